The van der Waals surface area contributed by atoms with Crippen LogP contribution in [0.15, 0.2) is 35.5 Å². The summed E-state index contributed by atoms with van der Waals surface area (Å²) >= 11 is 0. The van der Waals surface area contributed by atoms with E-state index in [9.17, 15) is 28.3 Å². The average Bonchev–Trinajstić information content (AvgIpc) is 3.17. The number of hydrogen-bond donors (Lipinski definition) is 3. The molecule has 2 aromatic heterocycles. The van der Waals surface area contributed by atoms with E-state index < -0.39 is 48.5 Å². The summed E-state index contributed by atoms with van der Waals surface area (Å²) in [6.07, 6.45) is 7.33. The predicted molar refractivity (Wildman–Crippen MR) is 140 cm³/mol. The van der Waals surface area contributed by atoms with Crippen LogP contribution in [-0.2, 0) is 9.47 Å². The van der Waals surface area contributed by atoms with Crippen LogP contribution in [0.2, 0.25) is 0 Å². The van der Waals surface area contributed by atoms with Crippen molar-refractivity contribution in [3.63, 3.8) is 0 Å². The van der Waals surface area contributed by atoms with Gasteiger partial charge in [-0.2, -0.15) is 13.8 Å². The lowest BCUT2D eigenvalue weighted by atomic mass is 10.1. The van der Waals surface area contributed by atoms with E-state index in [2.05, 4.69) is 22.2 Å². The van der Waals surface area contributed by atoms with E-state index >= 15 is 0 Å². The molecule has 0 bridgehead atoms. The van der Waals surface area contributed by atoms with Crippen molar-refractivity contribution >= 4 is 17.7 Å². The number of amides is 1. The number of aliphatic hydroxyl groups is 2. The topological polar surface area (TPSA) is 153 Å². The Balaban J connectivity index is 1.55. The van der Waals surface area contributed by atoms with Crippen LogP contribution >= 0.6 is 0 Å². The molecule has 11 nitrogen and oxygen atoms in total. The normalized spacial score (nSPS) is 19.9. The molecule has 1 aliphatic rings. The maximum Gasteiger partial charge on any atom is 0.351 e. The fourth-order valence-corrected chi connectivity index (χ4v) is 4.37. The summed E-state index contributed by atoms with van der Waals surface area (Å²) in [6, 6.07) is 2.38. The van der Waals surface area contributed by atoms with Crippen LogP contribution in [-0.4, -0.2) is 68.0 Å². The minimum Gasteiger partial charge on any atom is -0.462 e. The number of pyridine rings is 1. The highest BCUT2D eigenvalue weighted by Crippen LogP contribution is 2.42. The number of nitrogens with zero attached hydrogens (tertiary/aromatic N) is 3. The number of carbonyl (C=O) groups excluding carboxylic acids is 2. The van der Waals surface area contributed by atoms with Gasteiger partial charge in [-0.05, 0) is 18.6 Å². The molecule has 1 aliphatic heterocycles. The van der Waals surface area contributed by atoms with Crippen molar-refractivity contribution in [2.24, 2.45) is 0 Å². The van der Waals surface area contributed by atoms with Crippen LogP contribution in [0, 0.1) is 0 Å². The van der Waals surface area contributed by atoms with Gasteiger partial charge in [0.2, 0.25) is 6.23 Å². The van der Waals surface area contributed by atoms with E-state index in [-0.39, 0.29) is 23.6 Å². The molecule has 2 aromatic rings. The molecule has 220 valence electrons. The number of aliphatic hydroxyl groups excluding tert-OH is 2. The van der Waals surface area contributed by atoms with Gasteiger partial charge < -0.3 is 25.0 Å². The fourth-order valence-electron chi connectivity index (χ4n) is 4.37. The SMILES string of the molecule is CCCCCCCCCCCOC(=O)c1cnccc1C(=O)Nc1ccn([C@@H]2O[C@H](CO)[C@@H](O)C2(F)F)c(=O)n1. The Labute approximate surface area is 230 Å². The van der Waals surface area contributed by atoms with Crippen molar-refractivity contribution in [1.29, 1.82) is 0 Å². The van der Waals surface area contributed by atoms with Gasteiger partial charge in [0.05, 0.1) is 24.3 Å². The number of ether oxygens (including phenoxy) is 2. The highest BCUT2D eigenvalue weighted by Gasteiger charge is 2.59. The first kappa shape index (κ1) is 31.2. The molecule has 3 N–H and O–H groups in total. The first-order chi connectivity index (χ1) is 19.2. The van der Waals surface area contributed by atoms with Crippen LogP contribution in [0.1, 0.15) is 91.7 Å². The van der Waals surface area contributed by atoms with E-state index in [4.69, 9.17) is 14.6 Å². The van der Waals surface area contributed by atoms with E-state index in [1.54, 1.807) is 0 Å². The second kappa shape index (κ2) is 14.9. The van der Waals surface area contributed by atoms with Crippen molar-refractivity contribution in [3.05, 3.63) is 52.3 Å². The molecule has 0 radical (unpaired) electrons. The van der Waals surface area contributed by atoms with Crippen molar-refractivity contribution in [3.8, 4) is 0 Å². The van der Waals surface area contributed by atoms with Crippen LogP contribution in [0.5, 0.6) is 0 Å². The molecule has 1 fully saturated rings. The number of nitrogens with one attached hydrogen (secondary N) is 1. The number of hydrogen-bond acceptors (Lipinski definition) is 9. The Morgan fingerprint density at radius 3 is 2.40 bits per heavy atom. The molecule has 0 aromatic carbocycles. The summed E-state index contributed by atoms with van der Waals surface area (Å²) in [5.41, 5.74) is -1.34. The maximum absolute atomic E-state index is 14.4. The molecule has 0 aliphatic carbocycles. The molecule has 0 saturated carbocycles. The third-order valence-corrected chi connectivity index (χ3v) is 6.65. The van der Waals surface area contributed by atoms with Gasteiger partial charge in [0, 0.05) is 18.6 Å². The Bertz CT molecular complexity index is 1190. The van der Waals surface area contributed by atoms with Gasteiger partial charge in [-0.3, -0.25) is 14.3 Å². The Kier molecular flexibility index (Phi) is 11.6. The molecule has 3 atom stereocenters. The first-order valence-electron chi connectivity index (χ1n) is 13.5. The number of esters is 1. The molecular weight excluding hydrogens is 530 g/mol. The molecule has 0 spiro atoms. The highest BCUT2D eigenvalue weighted by molar-refractivity contribution is 6.10. The quantitative estimate of drug-likeness (QED) is 0.217. The second-order valence-electron chi connectivity index (χ2n) is 9.67. The monoisotopic (exact) mass is 566 g/mol. The van der Waals surface area contributed by atoms with E-state index in [0.717, 1.165) is 31.5 Å². The lowest BCUT2D eigenvalue weighted by Crippen LogP contribution is -2.41. The van der Waals surface area contributed by atoms with Crippen molar-refractivity contribution in [1.82, 2.24) is 14.5 Å². The summed E-state index contributed by atoms with van der Waals surface area (Å²) < 4.78 is 39.5. The van der Waals surface area contributed by atoms with Crippen LogP contribution < -0.4 is 11.0 Å². The molecule has 13 heteroatoms. The van der Waals surface area contributed by atoms with Crippen LogP contribution in [0.4, 0.5) is 14.6 Å². The lowest BCUT2D eigenvalue weighted by Gasteiger charge is -2.21. The lowest BCUT2D eigenvalue weighted by molar-refractivity contribution is -0.140. The van der Waals surface area contributed by atoms with E-state index in [1.165, 1.54) is 50.6 Å². The number of halogens is 2. The maximum atomic E-state index is 14.4. The summed E-state index contributed by atoms with van der Waals surface area (Å²) in [7, 11) is 0. The standard InChI is InChI=1S/C27H36F2N4O7/c1-2-3-4-5-6-7-8-9-10-15-39-24(37)19-16-30-13-11-18(19)23(36)31-21-12-14-33(26(38)32-21)25-27(28,29)22(35)20(17-34)40-25/h11-14,16,20,22,25,34-35H,2-10,15,17H2,1H3,(H,31,32,36,38)/t20-,22-,25-/m1/s1. The first-order valence-corrected chi connectivity index (χ1v) is 13.5. The zero-order chi connectivity index (χ0) is 29.1. The summed E-state index contributed by atoms with van der Waals surface area (Å²) in [6.45, 7) is 1.51. The van der Waals surface area contributed by atoms with Gasteiger partial charge in [-0.1, -0.05) is 58.3 Å². The highest BCUT2D eigenvalue weighted by atomic mass is 19.3. The predicted octanol–water partition coefficient (Wildman–Crippen LogP) is 3.46. The fraction of sp³-hybridized carbons (Fsp3) is 0.593. The number of alkyl halides is 2. The number of anilines is 1. The average molecular weight is 567 g/mol. The van der Waals surface area contributed by atoms with Crippen molar-refractivity contribution < 1.29 is 38.1 Å². The smallest absolute Gasteiger partial charge is 0.351 e. The number of rotatable bonds is 15. The zero-order valence-corrected chi connectivity index (χ0v) is 22.4. The van der Waals surface area contributed by atoms with E-state index in [1.807, 2.05) is 0 Å². The Morgan fingerprint density at radius 2 is 1.77 bits per heavy atom. The molecular formula is C27H36F2N4O7. The zero-order valence-electron chi connectivity index (χ0n) is 22.4. The number of unbranched alkanes of at least 4 members (excludes halogenated alkanes) is 8. The molecule has 1 saturated heterocycles. The number of aromatic nitrogens is 3. The van der Waals surface area contributed by atoms with Gasteiger partial charge >= 0.3 is 17.6 Å². The minimum absolute atomic E-state index is 0.0716. The molecule has 40 heavy (non-hydrogen) atoms. The molecule has 3 heterocycles. The van der Waals surface area contributed by atoms with Gasteiger partial charge in [0.1, 0.15) is 11.9 Å². The van der Waals surface area contributed by atoms with Gasteiger partial charge in [-0.25, -0.2) is 9.59 Å². The van der Waals surface area contributed by atoms with E-state index in [0.29, 0.717) is 11.0 Å². The minimum atomic E-state index is -3.87. The Hall–Kier alpha value is -3.29. The summed E-state index contributed by atoms with van der Waals surface area (Å²) in [5, 5.41) is 21.2. The van der Waals surface area contributed by atoms with Gasteiger partial charge in [-0.15, -0.1) is 0 Å². The molecule has 3 rings (SSSR count). The third-order valence-electron chi connectivity index (χ3n) is 6.65. The molecule has 1 amide bonds. The third kappa shape index (κ3) is 7.89. The van der Waals surface area contributed by atoms with Crippen LogP contribution in [0.3, 0.4) is 0 Å². The second-order valence-corrected chi connectivity index (χ2v) is 9.67. The summed E-state index contributed by atoms with van der Waals surface area (Å²) in [5.74, 6) is -5.65. The Morgan fingerprint density at radius 1 is 1.10 bits per heavy atom. The largest absolute Gasteiger partial charge is 0.462 e. The van der Waals surface area contributed by atoms with Crippen molar-refractivity contribution in [2.45, 2.75) is 89.1 Å². The molecule has 0 unspecified atom stereocenters. The number of carbonyl (C=O) groups is 2. The van der Waals surface area contributed by atoms with Crippen LogP contribution in [0.25, 0.3) is 0 Å². The van der Waals surface area contributed by atoms with Gasteiger partial charge in [0.25, 0.3) is 5.91 Å². The van der Waals surface area contributed by atoms with Gasteiger partial charge in [0.15, 0.2) is 6.10 Å². The van der Waals surface area contributed by atoms with Crippen molar-refractivity contribution in [2.75, 3.05) is 18.5 Å². The summed E-state index contributed by atoms with van der Waals surface area (Å²) in [4.78, 5) is 45.4.